The lowest BCUT2D eigenvalue weighted by Gasteiger charge is -2.17. The first-order chi connectivity index (χ1) is 18.2. The zero-order valence-corrected chi connectivity index (χ0v) is 23.3. The van der Waals surface area contributed by atoms with Gasteiger partial charge in [0.15, 0.2) is 21.6 Å². The normalized spacial score (nSPS) is 16.2. The van der Waals surface area contributed by atoms with Crippen LogP contribution in [0.4, 0.5) is 11.6 Å². The molecule has 10 nitrogen and oxygen atoms in total. The summed E-state index contributed by atoms with van der Waals surface area (Å²) in [5, 5.41) is 13.2. The van der Waals surface area contributed by atoms with Gasteiger partial charge < -0.3 is 9.80 Å². The van der Waals surface area contributed by atoms with Crippen LogP contribution < -0.4 is 9.80 Å². The number of thioether (sulfide) groups is 2. The van der Waals surface area contributed by atoms with Gasteiger partial charge in [-0.25, -0.2) is 24.6 Å². The fraction of sp³-hybridized carbons (Fsp3) is 0.600. The Morgan fingerprint density at radius 2 is 1.35 bits per heavy atom. The molecule has 0 spiro atoms. The van der Waals surface area contributed by atoms with Gasteiger partial charge in [-0.2, -0.15) is 10.2 Å². The summed E-state index contributed by atoms with van der Waals surface area (Å²) in [4.78, 5) is 23.9. The number of aryl methyl sites for hydroxylation is 2. The molecule has 2 fully saturated rings. The van der Waals surface area contributed by atoms with Crippen molar-refractivity contribution in [2.75, 3.05) is 48.5 Å². The van der Waals surface area contributed by atoms with E-state index in [4.69, 9.17) is 20.1 Å². The summed E-state index contributed by atoms with van der Waals surface area (Å²) in [6.45, 7) is 6.00. The maximum absolute atomic E-state index is 4.82. The molecule has 6 heterocycles. The smallest absolute Gasteiger partial charge is 0.191 e. The van der Waals surface area contributed by atoms with Crippen molar-refractivity contribution in [3.63, 3.8) is 0 Å². The Morgan fingerprint density at radius 1 is 0.730 bits per heavy atom. The summed E-state index contributed by atoms with van der Waals surface area (Å²) < 4.78 is 4.10. The van der Waals surface area contributed by atoms with Crippen molar-refractivity contribution in [1.82, 2.24) is 39.5 Å². The Balaban J connectivity index is 1.10. The maximum Gasteiger partial charge on any atom is 0.191 e. The Bertz CT molecular complexity index is 1370. The number of rotatable bonds is 10. The lowest BCUT2D eigenvalue weighted by molar-refractivity contribution is 0.507. The van der Waals surface area contributed by atoms with E-state index in [2.05, 4.69) is 30.8 Å². The zero-order valence-electron chi connectivity index (χ0n) is 21.6. The minimum Gasteiger partial charge on any atom is -0.356 e. The summed E-state index contributed by atoms with van der Waals surface area (Å²) >= 11 is 3.18. The third kappa shape index (κ3) is 5.09. The van der Waals surface area contributed by atoms with Crippen LogP contribution in [-0.2, 0) is 13.1 Å². The van der Waals surface area contributed by atoms with Crippen molar-refractivity contribution in [2.24, 2.45) is 0 Å². The first-order valence-corrected chi connectivity index (χ1v) is 15.7. The summed E-state index contributed by atoms with van der Waals surface area (Å²) in [6.07, 6.45) is 16.2. The van der Waals surface area contributed by atoms with Crippen LogP contribution in [0.5, 0.6) is 0 Å². The minimum absolute atomic E-state index is 0.799. The van der Waals surface area contributed by atoms with Crippen LogP contribution in [0.3, 0.4) is 0 Å². The highest BCUT2D eigenvalue weighted by Crippen LogP contribution is 2.30. The van der Waals surface area contributed by atoms with Crippen LogP contribution in [-0.4, -0.2) is 78.2 Å². The average molecular weight is 539 g/mol. The van der Waals surface area contributed by atoms with Gasteiger partial charge in [0.25, 0.3) is 0 Å². The van der Waals surface area contributed by atoms with Crippen LogP contribution in [0.25, 0.3) is 22.1 Å². The number of aromatic nitrogens is 8. The molecule has 196 valence electrons. The first-order valence-electron chi connectivity index (χ1n) is 13.3. The number of unbranched alkanes of at least 4 members (excludes halogenated alkanes) is 2. The van der Waals surface area contributed by atoms with Gasteiger partial charge in [0.05, 0.1) is 17.0 Å². The highest BCUT2D eigenvalue weighted by Gasteiger charge is 2.21. The molecule has 2 saturated heterocycles. The van der Waals surface area contributed by atoms with E-state index in [0.717, 1.165) is 103 Å². The molecule has 2 aliphatic heterocycles. The van der Waals surface area contributed by atoms with Crippen molar-refractivity contribution in [1.29, 1.82) is 0 Å². The molecular formula is C25H34N10S2. The minimum atomic E-state index is 0.799. The molecule has 6 rings (SSSR count). The molecule has 0 aromatic carbocycles. The quantitative estimate of drug-likeness (QED) is 0.163. The third-order valence-corrected chi connectivity index (χ3v) is 8.37. The van der Waals surface area contributed by atoms with Gasteiger partial charge in [0, 0.05) is 45.5 Å². The van der Waals surface area contributed by atoms with Crippen LogP contribution >= 0.6 is 23.5 Å². The predicted molar refractivity (Wildman–Crippen MR) is 151 cm³/mol. The van der Waals surface area contributed by atoms with Gasteiger partial charge in [-0.15, -0.1) is 0 Å². The Labute approximate surface area is 225 Å². The number of hydrogen-bond donors (Lipinski definition) is 0. The molecule has 37 heavy (non-hydrogen) atoms. The second kappa shape index (κ2) is 11.0. The molecule has 0 saturated carbocycles. The maximum atomic E-state index is 4.82. The third-order valence-electron chi connectivity index (χ3n) is 7.28. The van der Waals surface area contributed by atoms with E-state index in [1.165, 1.54) is 25.7 Å². The second-order valence-corrected chi connectivity index (χ2v) is 11.3. The lowest BCUT2D eigenvalue weighted by Crippen LogP contribution is -2.19. The van der Waals surface area contributed by atoms with Crippen molar-refractivity contribution >= 4 is 57.2 Å². The second-order valence-electron chi connectivity index (χ2n) is 9.75. The number of fused-ring (bicyclic) bond motifs is 2. The van der Waals surface area contributed by atoms with Crippen molar-refractivity contribution < 1.29 is 0 Å². The summed E-state index contributed by atoms with van der Waals surface area (Å²) in [7, 11) is 0. The van der Waals surface area contributed by atoms with Crippen molar-refractivity contribution in [3.8, 4) is 0 Å². The van der Waals surface area contributed by atoms with E-state index in [1.807, 2.05) is 23.4 Å². The molecule has 0 N–H and O–H groups in total. The highest BCUT2D eigenvalue weighted by molar-refractivity contribution is 7.98. The topological polar surface area (TPSA) is 93.7 Å². The monoisotopic (exact) mass is 538 g/mol. The Kier molecular flexibility index (Phi) is 7.36. The molecule has 12 heteroatoms. The van der Waals surface area contributed by atoms with Crippen LogP contribution in [0, 0.1) is 0 Å². The zero-order chi connectivity index (χ0) is 25.2. The Hall–Kier alpha value is -2.60. The van der Waals surface area contributed by atoms with Gasteiger partial charge >= 0.3 is 0 Å². The number of anilines is 2. The average Bonchev–Trinajstić information content (AvgIpc) is 3.73. The first kappa shape index (κ1) is 24.7. The Morgan fingerprint density at radius 3 is 2.03 bits per heavy atom. The molecule has 0 radical (unpaired) electrons. The predicted octanol–water partition coefficient (Wildman–Crippen LogP) is 4.48. The van der Waals surface area contributed by atoms with Crippen LogP contribution in [0.2, 0.25) is 0 Å². The molecule has 0 aliphatic carbocycles. The number of nitrogens with zero attached hydrogens (tertiary/aromatic N) is 10. The van der Waals surface area contributed by atoms with Crippen molar-refractivity contribution in [2.45, 2.75) is 68.3 Å². The van der Waals surface area contributed by atoms with Crippen molar-refractivity contribution in [3.05, 3.63) is 12.4 Å². The van der Waals surface area contributed by atoms with E-state index < -0.39 is 0 Å². The molecule has 0 bridgehead atoms. The summed E-state index contributed by atoms with van der Waals surface area (Å²) in [5.74, 6) is 2.09. The molecule has 0 amide bonds. The molecular weight excluding hydrogens is 504 g/mol. The van der Waals surface area contributed by atoms with E-state index in [1.54, 1.807) is 23.5 Å². The standard InChI is InChI=1S/C25H34N10S2/c1-36-24-27-20-19(22(29-24)33-12-8-9-13-33)17-34(31-20)14-4-3-5-15-35-23-18(16-26-35)21(28-25(30-23)37-2)32-10-6-7-11-32/h16-17H,3-15H2,1-2H3. The van der Waals surface area contributed by atoms with E-state index in [0.29, 0.717) is 0 Å². The fourth-order valence-electron chi connectivity index (χ4n) is 5.35. The lowest BCUT2D eigenvalue weighted by atomic mass is 10.2. The summed E-state index contributed by atoms with van der Waals surface area (Å²) in [5.41, 5.74) is 1.76. The number of hydrogen-bond acceptors (Lipinski definition) is 10. The molecule has 4 aromatic rings. The van der Waals surface area contributed by atoms with Gasteiger partial charge in [0.1, 0.15) is 11.6 Å². The van der Waals surface area contributed by atoms with Gasteiger partial charge in [0.2, 0.25) is 0 Å². The largest absolute Gasteiger partial charge is 0.356 e. The van der Waals surface area contributed by atoms with E-state index in [-0.39, 0.29) is 0 Å². The van der Waals surface area contributed by atoms with Crippen LogP contribution in [0.1, 0.15) is 44.9 Å². The fourth-order valence-corrected chi connectivity index (χ4v) is 6.06. The van der Waals surface area contributed by atoms with Crippen LogP contribution in [0.15, 0.2) is 22.7 Å². The summed E-state index contributed by atoms with van der Waals surface area (Å²) in [6, 6.07) is 0. The molecule has 2 aliphatic rings. The molecule has 4 aromatic heterocycles. The van der Waals surface area contributed by atoms with Gasteiger partial charge in [-0.1, -0.05) is 23.5 Å². The molecule has 0 unspecified atom stereocenters. The van der Waals surface area contributed by atoms with Gasteiger partial charge in [-0.3, -0.25) is 4.68 Å². The van der Waals surface area contributed by atoms with E-state index >= 15 is 0 Å². The van der Waals surface area contributed by atoms with Gasteiger partial charge in [-0.05, 0) is 57.5 Å². The molecule has 0 atom stereocenters. The highest BCUT2D eigenvalue weighted by atomic mass is 32.2. The van der Waals surface area contributed by atoms with E-state index in [9.17, 15) is 0 Å². The SMILES string of the molecule is CSc1nc(N2CCCC2)c2cn(CCCCCn3ncc4c(N5CCCC5)nc(SC)nc43)nc2n1.